The van der Waals surface area contributed by atoms with Crippen molar-refractivity contribution in [1.82, 2.24) is 10.3 Å². The molecule has 0 aliphatic carbocycles. The van der Waals surface area contributed by atoms with Gasteiger partial charge in [-0.25, -0.2) is 9.37 Å². The maximum absolute atomic E-state index is 14.1. The average molecular weight is 346 g/mol. The molecule has 0 unspecified atom stereocenters. The second kappa shape index (κ2) is 6.32. The minimum atomic E-state index is -0.493. The average Bonchev–Trinajstić information content (AvgIpc) is 2.39. The van der Waals surface area contributed by atoms with Crippen molar-refractivity contribution in [2.75, 3.05) is 7.05 Å². The molecule has 0 spiro atoms. The summed E-state index contributed by atoms with van der Waals surface area (Å²) in [7, 11) is 1.74. The van der Waals surface area contributed by atoms with Crippen molar-refractivity contribution >= 4 is 27.5 Å². The summed E-state index contributed by atoms with van der Waals surface area (Å²) in [4.78, 5) is 3.89. The predicted molar refractivity (Wildman–Crippen MR) is 76.2 cm³/mol. The van der Waals surface area contributed by atoms with Crippen LogP contribution in [-0.4, -0.2) is 12.0 Å². The number of nitrogens with zero attached hydrogens (tertiary/aromatic N) is 1. The molecule has 1 aromatic heterocycles. The third-order valence-corrected chi connectivity index (χ3v) is 3.21. The lowest BCUT2D eigenvalue weighted by Crippen LogP contribution is -2.08. The van der Waals surface area contributed by atoms with E-state index in [1.807, 2.05) is 0 Å². The second-order valence-corrected chi connectivity index (χ2v) is 5.12. The van der Waals surface area contributed by atoms with E-state index in [1.54, 1.807) is 31.3 Å². The number of ether oxygens (including phenoxy) is 1. The van der Waals surface area contributed by atoms with E-state index in [1.165, 1.54) is 6.20 Å². The van der Waals surface area contributed by atoms with E-state index in [0.717, 1.165) is 4.47 Å². The smallest absolute Gasteiger partial charge is 0.256 e. The largest absolute Gasteiger partial charge is 0.435 e. The molecule has 0 saturated heterocycles. The number of benzene rings is 1. The van der Waals surface area contributed by atoms with Gasteiger partial charge in [0.25, 0.3) is 5.88 Å². The third-order valence-electron chi connectivity index (χ3n) is 2.40. The molecule has 0 radical (unpaired) electrons. The van der Waals surface area contributed by atoms with Crippen LogP contribution >= 0.6 is 27.5 Å². The van der Waals surface area contributed by atoms with Gasteiger partial charge in [0.05, 0.1) is 5.02 Å². The Hall–Kier alpha value is -1.17. The van der Waals surface area contributed by atoms with Gasteiger partial charge in [-0.3, -0.25) is 0 Å². The molecule has 6 heteroatoms. The molecule has 0 saturated carbocycles. The molecule has 2 rings (SSSR count). The molecule has 19 heavy (non-hydrogen) atoms. The van der Waals surface area contributed by atoms with Gasteiger partial charge in [-0.2, -0.15) is 0 Å². The quantitative estimate of drug-likeness (QED) is 0.904. The Kier molecular flexibility index (Phi) is 4.74. The van der Waals surface area contributed by atoms with E-state index in [9.17, 15) is 4.39 Å². The van der Waals surface area contributed by atoms with Crippen LogP contribution in [0.15, 0.2) is 34.9 Å². The number of nitrogens with one attached hydrogen (secondary N) is 1. The molecular formula is C13H11BrClFN2O. The minimum Gasteiger partial charge on any atom is -0.435 e. The van der Waals surface area contributed by atoms with Gasteiger partial charge >= 0.3 is 0 Å². The molecule has 1 N–H and O–H groups in total. The van der Waals surface area contributed by atoms with E-state index in [2.05, 4.69) is 26.2 Å². The van der Waals surface area contributed by atoms with E-state index in [4.69, 9.17) is 16.3 Å². The number of pyridine rings is 1. The monoisotopic (exact) mass is 344 g/mol. The number of halogens is 3. The van der Waals surface area contributed by atoms with Crippen LogP contribution in [0.25, 0.3) is 0 Å². The second-order valence-electron chi connectivity index (χ2n) is 3.80. The number of hydrogen-bond acceptors (Lipinski definition) is 3. The highest BCUT2D eigenvalue weighted by Crippen LogP contribution is 2.32. The fraction of sp³-hybridized carbons (Fsp3) is 0.154. The first-order valence-electron chi connectivity index (χ1n) is 5.52. The first-order chi connectivity index (χ1) is 9.11. The lowest BCUT2D eigenvalue weighted by Gasteiger charge is -2.10. The zero-order valence-corrected chi connectivity index (χ0v) is 12.4. The van der Waals surface area contributed by atoms with Gasteiger partial charge in [0, 0.05) is 22.8 Å². The maximum atomic E-state index is 14.1. The predicted octanol–water partition coefficient (Wildman–Crippen LogP) is 4.15. The zero-order chi connectivity index (χ0) is 13.8. The highest BCUT2D eigenvalue weighted by molar-refractivity contribution is 9.10. The summed E-state index contributed by atoms with van der Waals surface area (Å²) in [6.45, 7) is 0.400. The van der Waals surface area contributed by atoms with Crippen molar-refractivity contribution in [3.63, 3.8) is 0 Å². The Balaban J connectivity index is 2.33. The summed E-state index contributed by atoms with van der Waals surface area (Å²) in [5.74, 6) is -0.232. The van der Waals surface area contributed by atoms with Crippen LogP contribution in [0, 0.1) is 5.82 Å². The van der Waals surface area contributed by atoms with Crippen LogP contribution < -0.4 is 10.1 Å². The van der Waals surface area contributed by atoms with E-state index < -0.39 is 5.82 Å². The van der Waals surface area contributed by atoms with Gasteiger partial charge in [0.1, 0.15) is 5.75 Å². The van der Waals surface area contributed by atoms with Crippen LogP contribution in [0.3, 0.4) is 0 Å². The molecule has 1 heterocycles. The van der Waals surface area contributed by atoms with E-state index >= 15 is 0 Å². The zero-order valence-electron chi connectivity index (χ0n) is 10.1. The normalized spacial score (nSPS) is 10.5. The van der Waals surface area contributed by atoms with Crippen LogP contribution in [0.2, 0.25) is 5.02 Å². The summed E-state index contributed by atoms with van der Waals surface area (Å²) < 4.78 is 20.3. The van der Waals surface area contributed by atoms with Gasteiger partial charge in [0.2, 0.25) is 0 Å². The molecule has 0 bridgehead atoms. The van der Waals surface area contributed by atoms with Crippen molar-refractivity contribution in [2.45, 2.75) is 6.54 Å². The molecule has 0 aliphatic rings. The molecule has 1 aromatic carbocycles. The number of hydrogen-bond donors (Lipinski definition) is 1. The highest BCUT2D eigenvalue weighted by atomic mass is 79.9. The number of aromatic nitrogens is 1. The molecule has 0 amide bonds. The summed E-state index contributed by atoms with van der Waals surface area (Å²) in [6.07, 6.45) is 1.50. The summed E-state index contributed by atoms with van der Waals surface area (Å²) in [6, 6.07) is 6.70. The van der Waals surface area contributed by atoms with Crippen LogP contribution in [0.4, 0.5) is 4.39 Å². The molecule has 3 nitrogen and oxygen atoms in total. The van der Waals surface area contributed by atoms with Crippen molar-refractivity contribution in [3.8, 4) is 11.6 Å². The van der Waals surface area contributed by atoms with E-state index in [0.29, 0.717) is 22.9 Å². The van der Waals surface area contributed by atoms with E-state index in [-0.39, 0.29) is 5.88 Å². The maximum Gasteiger partial charge on any atom is 0.256 e. The summed E-state index contributed by atoms with van der Waals surface area (Å²) in [5, 5.41) is 3.27. The number of rotatable bonds is 4. The Morgan fingerprint density at radius 3 is 2.95 bits per heavy atom. The van der Waals surface area contributed by atoms with Gasteiger partial charge < -0.3 is 10.1 Å². The van der Waals surface area contributed by atoms with Gasteiger partial charge in [0.15, 0.2) is 5.82 Å². The van der Waals surface area contributed by atoms with Crippen molar-refractivity contribution in [2.24, 2.45) is 0 Å². The van der Waals surface area contributed by atoms with Gasteiger partial charge in [-0.1, -0.05) is 27.5 Å². The molecule has 100 valence electrons. The van der Waals surface area contributed by atoms with Gasteiger partial charge in [-0.05, 0) is 31.3 Å². The minimum absolute atomic E-state index is 0.0900. The van der Waals surface area contributed by atoms with Crippen LogP contribution in [0.1, 0.15) is 5.56 Å². The van der Waals surface area contributed by atoms with Crippen LogP contribution in [0.5, 0.6) is 11.6 Å². The first kappa shape index (κ1) is 14.2. The summed E-state index contributed by atoms with van der Waals surface area (Å²) >= 11 is 9.30. The Bertz CT molecular complexity index is 595. The Morgan fingerprint density at radius 1 is 1.42 bits per heavy atom. The molecule has 0 aliphatic heterocycles. The molecule has 2 aromatic rings. The lowest BCUT2D eigenvalue weighted by molar-refractivity contribution is 0.418. The molecular weight excluding hydrogens is 335 g/mol. The van der Waals surface area contributed by atoms with Crippen LogP contribution in [-0.2, 0) is 6.54 Å². The summed E-state index contributed by atoms with van der Waals surface area (Å²) in [5.41, 5.74) is 0.485. The lowest BCUT2D eigenvalue weighted by atomic mass is 10.2. The standard InChI is InChI=1S/C13H11BrClFN2O/c1-17-7-8-4-5-18-13(12(8)16)19-11-6-9(14)2-3-10(11)15/h2-6,17H,7H2,1H3. The van der Waals surface area contributed by atoms with Gasteiger partial charge in [-0.15, -0.1) is 0 Å². The Morgan fingerprint density at radius 2 is 2.21 bits per heavy atom. The highest BCUT2D eigenvalue weighted by Gasteiger charge is 2.13. The molecule has 0 atom stereocenters. The fourth-order valence-corrected chi connectivity index (χ4v) is 2.02. The van der Waals surface area contributed by atoms with Crippen molar-refractivity contribution in [3.05, 3.63) is 51.3 Å². The first-order valence-corrected chi connectivity index (χ1v) is 6.70. The topological polar surface area (TPSA) is 34.2 Å². The SMILES string of the molecule is CNCc1ccnc(Oc2cc(Br)ccc2Cl)c1F. The van der Waals surface area contributed by atoms with Crippen molar-refractivity contribution < 1.29 is 9.13 Å². The fourth-order valence-electron chi connectivity index (χ4n) is 1.52. The molecule has 0 fully saturated rings. The van der Waals surface area contributed by atoms with Crippen molar-refractivity contribution in [1.29, 1.82) is 0 Å². The Labute approximate surface area is 123 Å². The third kappa shape index (κ3) is 3.43.